The molecule has 0 unspecified atom stereocenters. The van der Waals surface area contributed by atoms with Gasteiger partial charge >= 0.3 is 0 Å². The average Bonchev–Trinajstić information content (AvgIpc) is 2.28. The van der Waals surface area contributed by atoms with Gasteiger partial charge in [-0.25, -0.2) is 4.98 Å². The Bertz CT molecular complexity index is 590. The van der Waals surface area contributed by atoms with Gasteiger partial charge in [0, 0.05) is 15.4 Å². The monoisotopic (exact) mass is 293 g/mol. The summed E-state index contributed by atoms with van der Waals surface area (Å²) >= 11 is 9.53. The number of aromatic nitrogens is 1. The zero-order valence-electron chi connectivity index (χ0n) is 8.50. The Hall–Kier alpha value is -1.12. The predicted octanol–water partition coefficient (Wildman–Crippen LogP) is 4.94. The van der Waals surface area contributed by atoms with E-state index in [-0.39, 0.29) is 0 Å². The number of benzene rings is 1. The molecule has 1 aromatic heterocycles. The lowest BCUT2D eigenvalue weighted by Crippen LogP contribution is -1.90. The maximum atomic E-state index is 6.09. The van der Waals surface area contributed by atoms with Crippen molar-refractivity contribution < 1.29 is 0 Å². The van der Waals surface area contributed by atoms with Crippen molar-refractivity contribution in [1.29, 1.82) is 0 Å². The molecule has 0 N–H and O–H groups in total. The molecule has 0 radical (unpaired) electrons. The normalized spacial score (nSPS) is 10.4. The van der Waals surface area contributed by atoms with Crippen LogP contribution in [0, 0.1) is 0 Å². The van der Waals surface area contributed by atoms with Gasteiger partial charge in [0.1, 0.15) is 5.15 Å². The molecule has 1 nitrogen and oxygen atoms in total. The van der Waals surface area contributed by atoms with Gasteiger partial charge in [-0.2, -0.15) is 0 Å². The summed E-state index contributed by atoms with van der Waals surface area (Å²) < 4.78 is 1.00. The summed E-state index contributed by atoms with van der Waals surface area (Å²) in [5.74, 6) is 0. The molecule has 16 heavy (non-hydrogen) atoms. The van der Waals surface area contributed by atoms with E-state index >= 15 is 0 Å². The van der Waals surface area contributed by atoms with Crippen molar-refractivity contribution in [3.05, 3.63) is 52.1 Å². The Labute approximate surface area is 108 Å². The van der Waals surface area contributed by atoms with Crippen LogP contribution in [-0.4, -0.2) is 4.98 Å². The summed E-state index contributed by atoms with van der Waals surface area (Å²) in [6, 6.07) is 5.86. The lowest BCUT2D eigenvalue weighted by molar-refractivity contribution is 1.38. The van der Waals surface area contributed by atoms with E-state index in [1.165, 1.54) is 0 Å². The van der Waals surface area contributed by atoms with Gasteiger partial charge in [0.05, 0.1) is 5.52 Å². The van der Waals surface area contributed by atoms with Crippen molar-refractivity contribution in [1.82, 2.24) is 4.98 Å². The molecule has 1 heterocycles. The molecule has 0 amide bonds. The van der Waals surface area contributed by atoms with Gasteiger partial charge in [0.25, 0.3) is 0 Å². The van der Waals surface area contributed by atoms with Crippen LogP contribution in [0.1, 0.15) is 11.1 Å². The summed E-state index contributed by atoms with van der Waals surface area (Å²) in [5, 5.41) is 1.48. The maximum Gasteiger partial charge on any atom is 0.137 e. The molecule has 0 atom stereocenters. The number of pyridine rings is 1. The van der Waals surface area contributed by atoms with E-state index < -0.39 is 0 Å². The van der Waals surface area contributed by atoms with Gasteiger partial charge in [0.15, 0.2) is 0 Å². The first kappa shape index (κ1) is 11.4. The molecule has 1 aromatic carbocycles. The SMILES string of the molecule is C=Cc1c(Cl)nc2ccc(Br)cc2c1C=C. The maximum absolute atomic E-state index is 6.09. The third-order valence-corrected chi connectivity index (χ3v) is 3.17. The first-order valence-electron chi connectivity index (χ1n) is 4.71. The van der Waals surface area contributed by atoms with E-state index in [1.54, 1.807) is 12.2 Å². The van der Waals surface area contributed by atoms with E-state index in [1.807, 2.05) is 18.2 Å². The van der Waals surface area contributed by atoms with Crippen molar-refractivity contribution in [3.63, 3.8) is 0 Å². The Morgan fingerprint density at radius 3 is 2.50 bits per heavy atom. The zero-order valence-corrected chi connectivity index (χ0v) is 10.8. The molecule has 0 aliphatic rings. The third-order valence-electron chi connectivity index (χ3n) is 2.39. The van der Waals surface area contributed by atoms with Crippen molar-refractivity contribution in [3.8, 4) is 0 Å². The van der Waals surface area contributed by atoms with Gasteiger partial charge in [-0.1, -0.05) is 52.8 Å². The average molecular weight is 295 g/mol. The second-order valence-corrected chi connectivity index (χ2v) is 4.57. The van der Waals surface area contributed by atoms with E-state index in [0.717, 1.165) is 26.5 Å². The quantitative estimate of drug-likeness (QED) is 0.715. The molecule has 2 rings (SSSR count). The fourth-order valence-electron chi connectivity index (χ4n) is 1.66. The number of halogens is 2. The summed E-state index contributed by atoms with van der Waals surface area (Å²) in [6.45, 7) is 7.56. The molecule has 2 aromatic rings. The van der Waals surface area contributed by atoms with E-state index in [0.29, 0.717) is 5.15 Å². The van der Waals surface area contributed by atoms with Crippen LogP contribution < -0.4 is 0 Å². The molecule has 0 bridgehead atoms. The number of hydrogen-bond acceptors (Lipinski definition) is 1. The Morgan fingerprint density at radius 1 is 1.19 bits per heavy atom. The topological polar surface area (TPSA) is 12.9 Å². The van der Waals surface area contributed by atoms with Crippen LogP contribution in [0.25, 0.3) is 23.1 Å². The molecule has 0 aliphatic carbocycles. The van der Waals surface area contributed by atoms with Gasteiger partial charge in [0.2, 0.25) is 0 Å². The fraction of sp³-hybridized carbons (Fsp3) is 0. The van der Waals surface area contributed by atoms with Crippen LogP contribution in [-0.2, 0) is 0 Å². The minimum absolute atomic E-state index is 0.458. The number of hydrogen-bond donors (Lipinski definition) is 0. The Balaban J connectivity index is 2.97. The van der Waals surface area contributed by atoms with Gasteiger partial charge < -0.3 is 0 Å². The van der Waals surface area contributed by atoms with E-state index in [4.69, 9.17) is 11.6 Å². The lowest BCUT2D eigenvalue weighted by atomic mass is 10.0. The highest BCUT2D eigenvalue weighted by Gasteiger charge is 2.09. The fourth-order valence-corrected chi connectivity index (χ4v) is 2.29. The summed E-state index contributed by atoms with van der Waals surface area (Å²) in [7, 11) is 0. The van der Waals surface area contributed by atoms with Crippen molar-refractivity contribution >= 4 is 50.6 Å². The van der Waals surface area contributed by atoms with Gasteiger partial charge in [-0.05, 0) is 23.8 Å². The number of rotatable bonds is 2. The van der Waals surface area contributed by atoms with Crippen molar-refractivity contribution in [2.75, 3.05) is 0 Å². The second-order valence-electron chi connectivity index (χ2n) is 3.30. The Morgan fingerprint density at radius 2 is 1.88 bits per heavy atom. The van der Waals surface area contributed by atoms with Crippen LogP contribution >= 0.6 is 27.5 Å². The lowest BCUT2D eigenvalue weighted by Gasteiger charge is -2.08. The highest BCUT2D eigenvalue weighted by Crippen LogP contribution is 2.30. The molecule has 0 saturated heterocycles. The standard InChI is InChI=1S/C13H9BrClN/c1-3-9-10(4-2)13(15)16-12-6-5-8(14)7-11(9)12/h3-7H,1-2H2. The molecular weight excluding hydrogens is 286 g/mol. The minimum Gasteiger partial charge on any atom is -0.235 e. The molecule has 0 fully saturated rings. The molecule has 0 spiro atoms. The van der Waals surface area contributed by atoms with Crippen molar-refractivity contribution in [2.24, 2.45) is 0 Å². The van der Waals surface area contributed by atoms with Gasteiger partial charge in [-0.3, -0.25) is 0 Å². The highest BCUT2D eigenvalue weighted by molar-refractivity contribution is 9.10. The van der Waals surface area contributed by atoms with Crippen molar-refractivity contribution in [2.45, 2.75) is 0 Å². The first-order chi connectivity index (χ1) is 7.67. The van der Waals surface area contributed by atoms with Crippen LogP contribution in [0.5, 0.6) is 0 Å². The van der Waals surface area contributed by atoms with Gasteiger partial charge in [-0.15, -0.1) is 0 Å². The molecule has 0 aliphatic heterocycles. The van der Waals surface area contributed by atoms with Crippen LogP contribution in [0.2, 0.25) is 5.15 Å². The van der Waals surface area contributed by atoms with Crippen LogP contribution in [0.3, 0.4) is 0 Å². The number of fused-ring (bicyclic) bond motifs is 1. The smallest absolute Gasteiger partial charge is 0.137 e. The third kappa shape index (κ3) is 1.79. The Kier molecular flexibility index (Phi) is 3.13. The molecule has 80 valence electrons. The van der Waals surface area contributed by atoms with Crippen LogP contribution in [0.15, 0.2) is 35.8 Å². The number of nitrogens with zero attached hydrogens (tertiary/aromatic N) is 1. The second kappa shape index (κ2) is 4.40. The largest absolute Gasteiger partial charge is 0.235 e. The van der Waals surface area contributed by atoms with Crippen LogP contribution in [0.4, 0.5) is 0 Å². The molecular formula is C13H9BrClN. The summed E-state index contributed by atoms with van der Waals surface area (Å²) in [6.07, 6.45) is 3.48. The minimum atomic E-state index is 0.458. The van der Waals surface area contributed by atoms with E-state index in [9.17, 15) is 0 Å². The highest BCUT2D eigenvalue weighted by atomic mass is 79.9. The van der Waals surface area contributed by atoms with E-state index in [2.05, 4.69) is 34.1 Å². The summed E-state index contributed by atoms with van der Waals surface area (Å²) in [4.78, 5) is 4.32. The predicted molar refractivity (Wildman–Crippen MR) is 74.6 cm³/mol. The molecule has 0 saturated carbocycles. The summed E-state index contributed by atoms with van der Waals surface area (Å²) in [5.41, 5.74) is 2.64. The first-order valence-corrected chi connectivity index (χ1v) is 5.88. The molecule has 3 heteroatoms. The zero-order chi connectivity index (χ0) is 11.7.